The van der Waals surface area contributed by atoms with Crippen molar-refractivity contribution in [1.82, 2.24) is 5.32 Å². The van der Waals surface area contributed by atoms with Crippen molar-refractivity contribution in [1.29, 1.82) is 0 Å². The normalized spacial score (nSPS) is 10.3. The van der Waals surface area contributed by atoms with Crippen molar-refractivity contribution in [2.75, 3.05) is 12.9 Å². The van der Waals surface area contributed by atoms with Crippen molar-refractivity contribution in [3.8, 4) is 5.75 Å². The van der Waals surface area contributed by atoms with Gasteiger partial charge in [0.25, 0.3) is 0 Å². The molecule has 0 aliphatic rings. The van der Waals surface area contributed by atoms with Crippen molar-refractivity contribution in [3.63, 3.8) is 0 Å². The molecule has 0 spiro atoms. The molecule has 0 heterocycles. The largest absolute Gasteiger partial charge is 0.497 e. The van der Waals surface area contributed by atoms with Crippen molar-refractivity contribution in [3.05, 3.63) is 59.2 Å². The van der Waals surface area contributed by atoms with Crippen LogP contribution in [0, 0.1) is 13.8 Å². The summed E-state index contributed by atoms with van der Waals surface area (Å²) in [4.78, 5) is 13.1. The first-order valence-corrected chi connectivity index (χ1v) is 8.16. The molecular formula is C18H21NO2S. The van der Waals surface area contributed by atoms with E-state index in [0.717, 1.165) is 16.2 Å². The van der Waals surface area contributed by atoms with Crippen LogP contribution in [-0.2, 0) is 11.3 Å². The topological polar surface area (TPSA) is 38.3 Å². The number of amides is 1. The van der Waals surface area contributed by atoms with Gasteiger partial charge in [0.15, 0.2) is 0 Å². The molecule has 0 saturated carbocycles. The third-order valence-electron chi connectivity index (χ3n) is 3.33. The molecule has 0 radical (unpaired) electrons. The van der Waals surface area contributed by atoms with Crippen LogP contribution < -0.4 is 10.1 Å². The zero-order valence-corrected chi connectivity index (χ0v) is 14.0. The van der Waals surface area contributed by atoms with Crippen LogP contribution >= 0.6 is 11.8 Å². The number of aryl methyl sites for hydroxylation is 2. The molecule has 0 fully saturated rings. The maximum absolute atomic E-state index is 12.0. The standard InChI is InChI=1S/C18H21NO2S/c1-13-7-8-14(2)17(9-13)22-12-18(20)19-11-15-5-4-6-16(10-15)21-3/h4-10H,11-12H2,1-3H3,(H,19,20). The second kappa shape index (κ2) is 7.90. The number of thioether (sulfide) groups is 1. The third-order valence-corrected chi connectivity index (χ3v) is 4.48. The summed E-state index contributed by atoms with van der Waals surface area (Å²) in [5.41, 5.74) is 3.45. The first-order chi connectivity index (χ1) is 10.6. The lowest BCUT2D eigenvalue weighted by Crippen LogP contribution is -2.24. The lowest BCUT2D eigenvalue weighted by molar-refractivity contribution is -0.118. The van der Waals surface area contributed by atoms with Gasteiger partial charge in [-0.25, -0.2) is 0 Å². The first-order valence-electron chi connectivity index (χ1n) is 7.18. The molecule has 22 heavy (non-hydrogen) atoms. The summed E-state index contributed by atoms with van der Waals surface area (Å²) >= 11 is 1.58. The monoisotopic (exact) mass is 315 g/mol. The first kappa shape index (κ1) is 16.4. The van der Waals surface area contributed by atoms with Gasteiger partial charge in [0.2, 0.25) is 5.91 Å². The van der Waals surface area contributed by atoms with Crippen molar-refractivity contribution in [2.24, 2.45) is 0 Å². The lowest BCUT2D eigenvalue weighted by Gasteiger charge is -2.08. The Morgan fingerprint density at radius 3 is 2.77 bits per heavy atom. The molecule has 2 rings (SSSR count). The molecule has 1 amide bonds. The average Bonchev–Trinajstić information content (AvgIpc) is 2.54. The summed E-state index contributed by atoms with van der Waals surface area (Å²) in [6.45, 7) is 4.64. The van der Waals surface area contributed by atoms with Crippen LogP contribution in [-0.4, -0.2) is 18.8 Å². The van der Waals surface area contributed by atoms with E-state index >= 15 is 0 Å². The summed E-state index contributed by atoms with van der Waals surface area (Å²) in [5.74, 6) is 1.26. The van der Waals surface area contributed by atoms with E-state index in [0.29, 0.717) is 12.3 Å². The van der Waals surface area contributed by atoms with E-state index in [2.05, 4.69) is 37.4 Å². The summed E-state index contributed by atoms with van der Waals surface area (Å²) < 4.78 is 5.17. The van der Waals surface area contributed by atoms with E-state index in [1.807, 2.05) is 24.3 Å². The summed E-state index contributed by atoms with van der Waals surface area (Å²) in [6, 6.07) is 14.0. The van der Waals surface area contributed by atoms with E-state index < -0.39 is 0 Å². The highest BCUT2D eigenvalue weighted by Gasteiger charge is 2.05. The van der Waals surface area contributed by atoms with Crippen LogP contribution in [0.3, 0.4) is 0 Å². The van der Waals surface area contributed by atoms with Gasteiger partial charge in [0.1, 0.15) is 5.75 Å². The Morgan fingerprint density at radius 2 is 2.00 bits per heavy atom. The zero-order chi connectivity index (χ0) is 15.9. The quantitative estimate of drug-likeness (QED) is 0.826. The maximum Gasteiger partial charge on any atom is 0.230 e. The van der Waals surface area contributed by atoms with E-state index in [-0.39, 0.29) is 5.91 Å². The van der Waals surface area contributed by atoms with Crippen LogP contribution in [0.1, 0.15) is 16.7 Å². The Bertz CT molecular complexity index is 655. The highest BCUT2D eigenvalue weighted by molar-refractivity contribution is 8.00. The van der Waals surface area contributed by atoms with Gasteiger partial charge in [-0.1, -0.05) is 29.8 Å². The van der Waals surface area contributed by atoms with E-state index in [4.69, 9.17) is 4.74 Å². The molecule has 1 N–H and O–H groups in total. The number of rotatable bonds is 6. The molecule has 0 aliphatic carbocycles. The minimum absolute atomic E-state index is 0.0359. The van der Waals surface area contributed by atoms with Gasteiger partial charge in [0.05, 0.1) is 12.9 Å². The second-order valence-corrected chi connectivity index (χ2v) is 6.20. The lowest BCUT2D eigenvalue weighted by atomic mass is 10.2. The summed E-state index contributed by atoms with van der Waals surface area (Å²) in [5, 5.41) is 2.94. The fraction of sp³-hybridized carbons (Fsp3) is 0.278. The minimum atomic E-state index is 0.0359. The third kappa shape index (κ3) is 4.81. The summed E-state index contributed by atoms with van der Waals surface area (Å²) in [7, 11) is 1.64. The maximum atomic E-state index is 12.0. The molecule has 0 aromatic heterocycles. The van der Waals surface area contributed by atoms with Gasteiger partial charge in [-0.15, -0.1) is 11.8 Å². The van der Waals surface area contributed by atoms with Crippen LogP contribution in [0.2, 0.25) is 0 Å². The number of benzene rings is 2. The Hall–Kier alpha value is -1.94. The molecular weight excluding hydrogens is 294 g/mol. The zero-order valence-electron chi connectivity index (χ0n) is 13.2. The number of hydrogen-bond donors (Lipinski definition) is 1. The molecule has 0 unspecified atom stereocenters. The molecule has 116 valence electrons. The van der Waals surface area contributed by atoms with Gasteiger partial charge in [0, 0.05) is 11.4 Å². The van der Waals surface area contributed by atoms with Gasteiger partial charge in [-0.2, -0.15) is 0 Å². The second-order valence-electron chi connectivity index (χ2n) is 5.19. The highest BCUT2D eigenvalue weighted by Crippen LogP contribution is 2.23. The van der Waals surface area contributed by atoms with E-state index in [1.165, 1.54) is 11.1 Å². The van der Waals surface area contributed by atoms with Crippen molar-refractivity contribution in [2.45, 2.75) is 25.3 Å². The molecule has 0 saturated heterocycles. The average molecular weight is 315 g/mol. The number of methoxy groups -OCH3 is 1. The number of nitrogens with one attached hydrogen (secondary N) is 1. The number of carbonyl (C=O) groups excluding carboxylic acids is 1. The molecule has 2 aromatic rings. The van der Waals surface area contributed by atoms with Gasteiger partial charge < -0.3 is 10.1 Å². The fourth-order valence-corrected chi connectivity index (χ4v) is 2.99. The predicted molar refractivity (Wildman–Crippen MR) is 91.5 cm³/mol. The highest BCUT2D eigenvalue weighted by atomic mass is 32.2. The molecule has 3 nitrogen and oxygen atoms in total. The predicted octanol–water partition coefficient (Wildman–Crippen LogP) is 3.72. The Morgan fingerprint density at radius 1 is 1.18 bits per heavy atom. The van der Waals surface area contributed by atoms with Crippen molar-refractivity contribution < 1.29 is 9.53 Å². The molecule has 0 aliphatic heterocycles. The van der Waals surface area contributed by atoms with Crippen LogP contribution in [0.4, 0.5) is 0 Å². The van der Waals surface area contributed by atoms with E-state index in [1.54, 1.807) is 18.9 Å². The Kier molecular flexibility index (Phi) is 5.90. The van der Waals surface area contributed by atoms with Crippen LogP contribution in [0.15, 0.2) is 47.4 Å². The fourth-order valence-electron chi connectivity index (χ4n) is 2.04. The smallest absolute Gasteiger partial charge is 0.230 e. The van der Waals surface area contributed by atoms with E-state index in [9.17, 15) is 4.79 Å². The number of ether oxygens (including phenoxy) is 1. The molecule has 0 bridgehead atoms. The van der Waals surface area contributed by atoms with Crippen LogP contribution in [0.5, 0.6) is 5.75 Å². The van der Waals surface area contributed by atoms with Crippen molar-refractivity contribution >= 4 is 17.7 Å². The van der Waals surface area contributed by atoms with Gasteiger partial charge >= 0.3 is 0 Å². The van der Waals surface area contributed by atoms with Gasteiger partial charge in [-0.05, 0) is 43.2 Å². The Balaban J connectivity index is 1.84. The molecule has 2 aromatic carbocycles. The SMILES string of the molecule is COc1cccc(CNC(=O)CSc2cc(C)ccc2C)c1. The number of carbonyl (C=O) groups is 1. The number of hydrogen-bond acceptors (Lipinski definition) is 3. The summed E-state index contributed by atoms with van der Waals surface area (Å²) in [6.07, 6.45) is 0. The van der Waals surface area contributed by atoms with Crippen LogP contribution in [0.25, 0.3) is 0 Å². The Labute approximate surface area is 136 Å². The molecule has 4 heteroatoms. The van der Waals surface area contributed by atoms with Gasteiger partial charge in [-0.3, -0.25) is 4.79 Å². The molecule has 0 atom stereocenters. The minimum Gasteiger partial charge on any atom is -0.497 e.